The zero-order chi connectivity index (χ0) is 20.6. The molecule has 3 aromatic rings. The zero-order valence-electron chi connectivity index (χ0n) is 15.7. The van der Waals surface area contributed by atoms with Gasteiger partial charge in [0.1, 0.15) is 17.3 Å². The molecular weight excluding hydrogens is 375 g/mol. The van der Waals surface area contributed by atoms with Crippen molar-refractivity contribution in [3.63, 3.8) is 0 Å². The van der Waals surface area contributed by atoms with Gasteiger partial charge in [-0.15, -0.1) is 0 Å². The SMILES string of the molecule is CCOC(=O)COc1cccc(NC(=O)c2cccc(-c3cccc(F)c3)n2)c1. The predicted octanol–water partition coefficient (Wildman–Crippen LogP) is 4.08. The summed E-state index contributed by atoms with van der Waals surface area (Å²) in [6, 6.07) is 17.6. The highest BCUT2D eigenvalue weighted by molar-refractivity contribution is 6.03. The molecule has 6 nitrogen and oxygen atoms in total. The van der Waals surface area contributed by atoms with Crippen LogP contribution in [0.1, 0.15) is 17.4 Å². The maximum atomic E-state index is 13.4. The van der Waals surface area contributed by atoms with E-state index in [9.17, 15) is 14.0 Å². The van der Waals surface area contributed by atoms with E-state index in [0.29, 0.717) is 22.7 Å². The Kier molecular flexibility index (Phi) is 6.52. The fourth-order valence-corrected chi connectivity index (χ4v) is 2.57. The van der Waals surface area contributed by atoms with E-state index in [2.05, 4.69) is 10.3 Å². The molecule has 1 heterocycles. The van der Waals surface area contributed by atoms with Gasteiger partial charge in [0, 0.05) is 17.3 Å². The topological polar surface area (TPSA) is 77.5 Å². The lowest BCUT2D eigenvalue weighted by Crippen LogP contribution is -2.15. The Bertz CT molecular complexity index is 1020. The second-order valence-electron chi connectivity index (χ2n) is 5.99. The maximum absolute atomic E-state index is 13.4. The van der Waals surface area contributed by atoms with Gasteiger partial charge in [-0.05, 0) is 43.3 Å². The van der Waals surface area contributed by atoms with E-state index in [4.69, 9.17) is 9.47 Å². The fraction of sp³-hybridized carbons (Fsp3) is 0.136. The van der Waals surface area contributed by atoms with Crippen molar-refractivity contribution in [3.05, 3.63) is 78.2 Å². The summed E-state index contributed by atoms with van der Waals surface area (Å²) < 4.78 is 23.6. The van der Waals surface area contributed by atoms with Gasteiger partial charge in [0.25, 0.3) is 5.91 Å². The average Bonchev–Trinajstić information content (AvgIpc) is 2.73. The highest BCUT2D eigenvalue weighted by Gasteiger charge is 2.11. The molecule has 3 rings (SSSR count). The Hall–Kier alpha value is -3.74. The largest absolute Gasteiger partial charge is 0.482 e. The van der Waals surface area contributed by atoms with Crippen molar-refractivity contribution in [2.24, 2.45) is 0 Å². The lowest BCUT2D eigenvalue weighted by atomic mass is 10.1. The van der Waals surface area contributed by atoms with Crippen molar-refractivity contribution in [3.8, 4) is 17.0 Å². The number of hydrogen-bond donors (Lipinski definition) is 1. The molecule has 0 fully saturated rings. The number of nitrogens with one attached hydrogen (secondary N) is 1. The summed E-state index contributed by atoms with van der Waals surface area (Å²) in [6.45, 7) is 1.77. The first kappa shape index (κ1) is 20.0. The lowest BCUT2D eigenvalue weighted by Gasteiger charge is -2.09. The number of pyridine rings is 1. The Morgan fingerprint density at radius 1 is 1.03 bits per heavy atom. The quantitative estimate of drug-likeness (QED) is 0.611. The van der Waals surface area contributed by atoms with Crippen LogP contribution < -0.4 is 10.1 Å². The van der Waals surface area contributed by atoms with Crippen LogP contribution in [0.5, 0.6) is 5.75 Å². The third-order valence-corrected chi connectivity index (χ3v) is 3.86. The summed E-state index contributed by atoms with van der Waals surface area (Å²) in [6.07, 6.45) is 0. The summed E-state index contributed by atoms with van der Waals surface area (Å²) in [5.74, 6) is -0.859. The minimum atomic E-state index is -0.472. The molecule has 0 unspecified atom stereocenters. The van der Waals surface area contributed by atoms with Gasteiger partial charge in [0.2, 0.25) is 0 Å². The second kappa shape index (κ2) is 9.45. The first-order valence-electron chi connectivity index (χ1n) is 8.98. The van der Waals surface area contributed by atoms with Crippen molar-refractivity contribution in [1.82, 2.24) is 4.98 Å². The number of anilines is 1. The number of hydrogen-bond acceptors (Lipinski definition) is 5. The van der Waals surface area contributed by atoms with E-state index >= 15 is 0 Å². The number of carbonyl (C=O) groups is 2. The van der Waals surface area contributed by atoms with Gasteiger partial charge < -0.3 is 14.8 Å². The van der Waals surface area contributed by atoms with Crippen LogP contribution in [0.2, 0.25) is 0 Å². The molecule has 0 atom stereocenters. The molecule has 0 aliphatic rings. The van der Waals surface area contributed by atoms with Gasteiger partial charge in [-0.1, -0.05) is 24.3 Å². The van der Waals surface area contributed by atoms with E-state index in [1.54, 1.807) is 61.5 Å². The van der Waals surface area contributed by atoms with Crippen LogP contribution in [0.25, 0.3) is 11.3 Å². The molecule has 0 spiro atoms. The Morgan fingerprint density at radius 2 is 1.83 bits per heavy atom. The number of carbonyl (C=O) groups excluding carboxylic acids is 2. The van der Waals surface area contributed by atoms with Crippen molar-refractivity contribution in [2.45, 2.75) is 6.92 Å². The number of aromatic nitrogens is 1. The molecule has 0 saturated heterocycles. The number of rotatable bonds is 7. The average molecular weight is 394 g/mol. The number of halogens is 1. The zero-order valence-corrected chi connectivity index (χ0v) is 15.7. The summed E-state index contributed by atoms with van der Waals surface area (Å²) >= 11 is 0. The predicted molar refractivity (Wildman–Crippen MR) is 106 cm³/mol. The molecule has 29 heavy (non-hydrogen) atoms. The second-order valence-corrected chi connectivity index (χ2v) is 5.99. The number of esters is 1. The van der Waals surface area contributed by atoms with E-state index in [1.807, 2.05) is 0 Å². The van der Waals surface area contributed by atoms with E-state index in [-0.39, 0.29) is 24.7 Å². The highest BCUT2D eigenvalue weighted by atomic mass is 19.1. The van der Waals surface area contributed by atoms with Crippen LogP contribution in [0.4, 0.5) is 10.1 Å². The van der Waals surface area contributed by atoms with Gasteiger partial charge >= 0.3 is 5.97 Å². The molecule has 148 valence electrons. The Labute approximate surface area is 167 Å². The lowest BCUT2D eigenvalue weighted by molar-refractivity contribution is -0.145. The number of amides is 1. The maximum Gasteiger partial charge on any atom is 0.344 e. The van der Waals surface area contributed by atoms with E-state index in [0.717, 1.165) is 0 Å². The molecule has 1 N–H and O–H groups in total. The normalized spacial score (nSPS) is 10.3. The van der Waals surface area contributed by atoms with Gasteiger partial charge in [-0.3, -0.25) is 4.79 Å². The van der Waals surface area contributed by atoms with Gasteiger partial charge in [-0.2, -0.15) is 0 Å². The van der Waals surface area contributed by atoms with E-state index in [1.165, 1.54) is 12.1 Å². The van der Waals surface area contributed by atoms with Crippen LogP contribution >= 0.6 is 0 Å². The molecular formula is C22H19FN2O4. The first-order chi connectivity index (χ1) is 14.0. The third kappa shape index (κ3) is 5.62. The molecule has 1 aromatic heterocycles. The summed E-state index contributed by atoms with van der Waals surface area (Å²) in [5, 5.41) is 2.73. The molecule has 2 aromatic carbocycles. The minimum Gasteiger partial charge on any atom is -0.482 e. The molecule has 7 heteroatoms. The first-order valence-corrected chi connectivity index (χ1v) is 8.98. The van der Waals surface area contributed by atoms with Gasteiger partial charge in [0.15, 0.2) is 6.61 Å². The fourth-order valence-electron chi connectivity index (χ4n) is 2.57. The molecule has 0 bridgehead atoms. The van der Waals surface area contributed by atoms with Crippen molar-refractivity contribution >= 4 is 17.6 Å². The molecule has 0 aliphatic carbocycles. The van der Waals surface area contributed by atoms with Crippen LogP contribution in [0.15, 0.2) is 66.7 Å². The third-order valence-electron chi connectivity index (χ3n) is 3.86. The Balaban J connectivity index is 1.70. The summed E-state index contributed by atoms with van der Waals surface area (Å²) in [7, 11) is 0. The number of ether oxygens (including phenoxy) is 2. The van der Waals surface area contributed by atoms with Crippen LogP contribution in [0.3, 0.4) is 0 Å². The minimum absolute atomic E-state index is 0.185. The molecule has 0 radical (unpaired) electrons. The smallest absolute Gasteiger partial charge is 0.344 e. The van der Waals surface area contributed by atoms with E-state index < -0.39 is 11.9 Å². The standard InChI is InChI=1S/C22H19FN2O4/c1-2-28-21(26)14-29-18-9-4-8-17(13-18)24-22(27)20-11-5-10-19(25-20)15-6-3-7-16(23)12-15/h3-13H,2,14H2,1H3,(H,24,27). The van der Waals surface area contributed by atoms with Crippen LogP contribution in [-0.2, 0) is 9.53 Å². The monoisotopic (exact) mass is 394 g/mol. The summed E-state index contributed by atoms with van der Waals surface area (Å²) in [5.41, 5.74) is 1.73. The van der Waals surface area contributed by atoms with Crippen molar-refractivity contribution in [2.75, 3.05) is 18.5 Å². The van der Waals surface area contributed by atoms with Gasteiger partial charge in [-0.25, -0.2) is 14.2 Å². The summed E-state index contributed by atoms with van der Waals surface area (Å²) in [4.78, 5) is 28.3. The number of nitrogens with zero attached hydrogens (tertiary/aromatic N) is 1. The molecule has 0 aliphatic heterocycles. The van der Waals surface area contributed by atoms with Crippen molar-refractivity contribution in [1.29, 1.82) is 0 Å². The van der Waals surface area contributed by atoms with Crippen molar-refractivity contribution < 1.29 is 23.5 Å². The highest BCUT2D eigenvalue weighted by Crippen LogP contribution is 2.20. The molecule has 1 amide bonds. The van der Waals surface area contributed by atoms with Gasteiger partial charge in [0.05, 0.1) is 12.3 Å². The van der Waals surface area contributed by atoms with Crippen LogP contribution in [0, 0.1) is 5.82 Å². The number of benzene rings is 2. The van der Waals surface area contributed by atoms with Crippen LogP contribution in [-0.4, -0.2) is 30.1 Å². The Morgan fingerprint density at radius 3 is 2.62 bits per heavy atom. The molecule has 0 saturated carbocycles.